The molecule has 0 heterocycles. The average molecular weight is 364 g/mol. The number of nitrogens with one attached hydrogen (secondary N) is 1. The van der Waals surface area contributed by atoms with Crippen LogP contribution in [-0.4, -0.2) is 37.7 Å². The number of rotatable bonds is 9. The molecular formula is C18H24N2O6. The summed E-state index contributed by atoms with van der Waals surface area (Å²) >= 11 is 0. The van der Waals surface area contributed by atoms with Crippen LogP contribution in [0.3, 0.4) is 0 Å². The SMILES string of the molecule is CCOc1cc(/C=C/C(=O)OCC(=O)NC(N)=O)ccc1OCC(C)C. The van der Waals surface area contributed by atoms with Crippen molar-refractivity contribution in [2.24, 2.45) is 11.7 Å². The Labute approximate surface area is 152 Å². The Kier molecular flexibility index (Phi) is 8.69. The molecule has 1 aromatic rings. The molecule has 0 fully saturated rings. The van der Waals surface area contributed by atoms with Gasteiger partial charge in [0.05, 0.1) is 13.2 Å². The third-order valence-electron chi connectivity index (χ3n) is 2.86. The average Bonchev–Trinajstić information content (AvgIpc) is 2.56. The Morgan fingerprint density at radius 3 is 2.54 bits per heavy atom. The van der Waals surface area contributed by atoms with Gasteiger partial charge in [-0.3, -0.25) is 10.1 Å². The maximum absolute atomic E-state index is 11.6. The van der Waals surface area contributed by atoms with Crippen LogP contribution in [0.4, 0.5) is 4.79 Å². The maximum atomic E-state index is 11.6. The lowest BCUT2D eigenvalue weighted by Crippen LogP contribution is -2.37. The number of imide groups is 1. The number of primary amides is 1. The van der Waals surface area contributed by atoms with Crippen molar-refractivity contribution in [3.63, 3.8) is 0 Å². The van der Waals surface area contributed by atoms with Gasteiger partial charge in [0.25, 0.3) is 5.91 Å². The first-order valence-electron chi connectivity index (χ1n) is 8.15. The number of hydrogen-bond donors (Lipinski definition) is 2. The third-order valence-corrected chi connectivity index (χ3v) is 2.86. The normalized spacial score (nSPS) is 10.6. The molecule has 0 aromatic heterocycles. The molecule has 8 heteroatoms. The molecule has 0 aliphatic heterocycles. The number of esters is 1. The van der Waals surface area contributed by atoms with Gasteiger partial charge < -0.3 is 19.9 Å². The zero-order valence-electron chi connectivity index (χ0n) is 15.1. The highest BCUT2D eigenvalue weighted by Gasteiger charge is 2.08. The summed E-state index contributed by atoms with van der Waals surface area (Å²) in [5.41, 5.74) is 5.47. The Morgan fingerprint density at radius 2 is 1.92 bits per heavy atom. The van der Waals surface area contributed by atoms with Crippen LogP contribution in [0.2, 0.25) is 0 Å². The van der Waals surface area contributed by atoms with Crippen LogP contribution in [0.1, 0.15) is 26.3 Å². The van der Waals surface area contributed by atoms with Crippen LogP contribution in [0, 0.1) is 5.92 Å². The zero-order chi connectivity index (χ0) is 19.5. The first-order valence-corrected chi connectivity index (χ1v) is 8.15. The fourth-order valence-electron chi connectivity index (χ4n) is 1.79. The quantitative estimate of drug-likeness (QED) is 0.510. The van der Waals surface area contributed by atoms with Crippen molar-refractivity contribution in [3.8, 4) is 11.5 Å². The molecule has 3 amide bonds. The number of nitrogens with two attached hydrogens (primary N) is 1. The van der Waals surface area contributed by atoms with Crippen LogP contribution < -0.4 is 20.5 Å². The molecule has 1 aromatic carbocycles. The van der Waals surface area contributed by atoms with Crippen molar-refractivity contribution in [3.05, 3.63) is 29.8 Å². The fourth-order valence-corrected chi connectivity index (χ4v) is 1.79. The van der Waals surface area contributed by atoms with E-state index in [2.05, 4.69) is 0 Å². The monoisotopic (exact) mass is 364 g/mol. The Balaban J connectivity index is 2.68. The van der Waals surface area contributed by atoms with Crippen molar-refractivity contribution >= 4 is 24.0 Å². The van der Waals surface area contributed by atoms with Crippen molar-refractivity contribution in [2.75, 3.05) is 19.8 Å². The van der Waals surface area contributed by atoms with E-state index in [-0.39, 0.29) is 0 Å². The summed E-state index contributed by atoms with van der Waals surface area (Å²) in [6, 6.07) is 4.26. The minimum Gasteiger partial charge on any atom is -0.490 e. The Bertz CT molecular complexity index is 670. The topological polar surface area (TPSA) is 117 Å². The first kappa shape index (κ1) is 21.0. The van der Waals surface area contributed by atoms with Gasteiger partial charge in [-0.1, -0.05) is 19.9 Å². The third kappa shape index (κ3) is 8.18. The van der Waals surface area contributed by atoms with E-state index in [1.807, 2.05) is 20.8 Å². The molecule has 1 rings (SSSR count). The summed E-state index contributed by atoms with van der Waals surface area (Å²) in [6.45, 7) is 6.40. The van der Waals surface area contributed by atoms with Gasteiger partial charge in [-0.15, -0.1) is 0 Å². The minimum absolute atomic E-state index is 0.380. The van der Waals surface area contributed by atoms with Crippen molar-refractivity contribution in [1.29, 1.82) is 0 Å². The molecule has 142 valence electrons. The smallest absolute Gasteiger partial charge is 0.331 e. The van der Waals surface area contributed by atoms with E-state index in [9.17, 15) is 14.4 Å². The van der Waals surface area contributed by atoms with E-state index >= 15 is 0 Å². The molecule has 3 N–H and O–H groups in total. The molecule has 0 saturated heterocycles. The largest absolute Gasteiger partial charge is 0.490 e. The molecule has 8 nitrogen and oxygen atoms in total. The highest BCUT2D eigenvalue weighted by atomic mass is 16.5. The maximum Gasteiger partial charge on any atom is 0.331 e. The Hall–Kier alpha value is -3.03. The lowest BCUT2D eigenvalue weighted by molar-refractivity contribution is -0.143. The molecule has 0 saturated carbocycles. The fraction of sp³-hybridized carbons (Fsp3) is 0.389. The van der Waals surface area contributed by atoms with Gasteiger partial charge in [0.15, 0.2) is 18.1 Å². The van der Waals surface area contributed by atoms with Crippen molar-refractivity contribution < 1.29 is 28.6 Å². The molecule has 0 aliphatic carbocycles. The molecule has 0 radical (unpaired) electrons. The van der Waals surface area contributed by atoms with E-state index in [1.165, 1.54) is 6.08 Å². The van der Waals surface area contributed by atoms with E-state index in [4.69, 9.17) is 19.9 Å². The van der Waals surface area contributed by atoms with E-state index < -0.39 is 24.5 Å². The van der Waals surface area contributed by atoms with Gasteiger partial charge in [0.1, 0.15) is 0 Å². The number of ether oxygens (including phenoxy) is 3. The Morgan fingerprint density at radius 1 is 1.19 bits per heavy atom. The highest BCUT2D eigenvalue weighted by Crippen LogP contribution is 2.29. The van der Waals surface area contributed by atoms with Crippen molar-refractivity contribution in [1.82, 2.24) is 5.32 Å². The van der Waals surface area contributed by atoms with E-state index in [0.29, 0.717) is 36.2 Å². The lowest BCUT2D eigenvalue weighted by atomic mass is 10.2. The van der Waals surface area contributed by atoms with Gasteiger partial charge in [-0.05, 0) is 36.6 Å². The van der Waals surface area contributed by atoms with Crippen LogP contribution in [0.15, 0.2) is 24.3 Å². The number of hydrogen-bond acceptors (Lipinski definition) is 6. The molecular weight excluding hydrogens is 340 g/mol. The molecule has 0 aliphatic rings. The summed E-state index contributed by atoms with van der Waals surface area (Å²) < 4.78 is 16.0. The van der Waals surface area contributed by atoms with Gasteiger partial charge in [0, 0.05) is 6.08 Å². The van der Waals surface area contributed by atoms with Gasteiger partial charge in [-0.2, -0.15) is 0 Å². The molecule has 0 atom stereocenters. The van der Waals surface area contributed by atoms with Gasteiger partial charge >= 0.3 is 12.0 Å². The predicted octanol–water partition coefficient (Wildman–Crippen LogP) is 1.87. The standard InChI is InChI=1S/C18H24N2O6/c1-4-24-15-9-13(5-7-14(15)25-10-12(2)3)6-8-17(22)26-11-16(21)20-18(19)23/h5-9,12H,4,10-11H2,1-3H3,(H3,19,20,21,23)/b8-6+. The second kappa shape index (κ2) is 10.8. The van der Waals surface area contributed by atoms with E-state index in [0.717, 1.165) is 6.08 Å². The van der Waals surface area contributed by atoms with Crippen LogP contribution in [0.25, 0.3) is 6.08 Å². The molecule has 0 bridgehead atoms. The molecule has 26 heavy (non-hydrogen) atoms. The number of benzene rings is 1. The second-order valence-electron chi connectivity index (χ2n) is 5.70. The van der Waals surface area contributed by atoms with Crippen molar-refractivity contribution in [2.45, 2.75) is 20.8 Å². The van der Waals surface area contributed by atoms with Gasteiger partial charge in [-0.25, -0.2) is 9.59 Å². The number of carbonyl (C=O) groups is 3. The lowest BCUT2D eigenvalue weighted by Gasteiger charge is -2.14. The van der Waals surface area contributed by atoms with Crippen LogP contribution >= 0.6 is 0 Å². The predicted molar refractivity (Wildman–Crippen MR) is 95.7 cm³/mol. The summed E-state index contributed by atoms with van der Waals surface area (Å²) in [5, 5.41) is 1.79. The summed E-state index contributed by atoms with van der Waals surface area (Å²) in [4.78, 5) is 33.2. The number of amides is 3. The summed E-state index contributed by atoms with van der Waals surface area (Å²) in [5.74, 6) is 0.0470. The molecule has 0 unspecified atom stereocenters. The molecule has 0 spiro atoms. The number of carbonyl (C=O) groups excluding carboxylic acids is 3. The summed E-state index contributed by atoms with van der Waals surface area (Å²) in [6.07, 6.45) is 2.68. The highest BCUT2D eigenvalue weighted by molar-refractivity contribution is 5.95. The van der Waals surface area contributed by atoms with E-state index in [1.54, 1.807) is 23.5 Å². The van der Waals surface area contributed by atoms with Gasteiger partial charge in [0.2, 0.25) is 0 Å². The zero-order valence-corrected chi connectivity index (χ0v) is 15.1. The number of urea groups is 1. The van der Waals surface area contributed by atoms with Crippen LogP contribution in [-0.2, 0) is 14.3 Å². The minimum atomic E-state index is -1.01. The first-order chi connectivity index (χ1) is 12.3. The summed E-state index contributed by atoms with van der Waals surface area (Å²) in [7, 11) is 0. The van der Waals surface area contributed by atoms with Crippen LogP contribution in [0.5, 0.6) is 11.5 Å². The second-order valence-corrected chi connectivity index (χ2v) is 5.70.